The van der Waals surface area contributed by atoms with Crippen LogP contribution in [0.5, 0.6) is 0 Å². The summed E-state index contributed by atoms with van der Waals surface area (Å²) in [5.74, 6) is 0.761. The zero-order chi connectivity index (χ0) is 17.8. The Morgan fingerprint density at radius 1 is 0.833 bits per heavy atom. The molecule has 0 aromatic heterocycles. The van der Waals surface area contributed by atoms with Crippen LogP contribution in [-0.2, 0) is 0 Å². The first-order chi connectivity index (χ1) is 11.3. The lowest BCUT2D eigenvalue weighted by molar-refractivity contribution is 0.0377. The van der Waals surface area contributed by atoms with Crippen LogP contribution in [0.3, 0.4) is 0 Å². The number of rotatable bonds is 2. The van der Waals surface area contributed by atoms with Crippen LogP contribution in [0.15, 0.2) is 23.8 Å². The minimum Gasteiger partial charge on any atom is -0.0805 e. The Hall–Kier alpha value is -0.303. The van der Waals surface area contributed by atoms with Gasteiger partial charge in [0.15, 0.2) is 0 Å². The first-order valence-electron chi connectivity index (χ1n) is 10.6. The van der Waals surface area contributed by atoms with E-state index in [4.69, 9.17) is 0 Å². The third-order valence-corrected chi connectivity index (χ3v) is 10.5. The normalized spacial score (nSPS) is 31.4. The van der Waals surface area contributed by atoms with E-state index in [1.165, 1.54) is 57.8 Å². The van der Waals surface area contributed by atoms with E-state index in [1.54, 1.807) is 5.57 Å². The maximum Gasteiger partial charge on any atom is 0.0343 e. The molecule has 2 unspecified atom stereocenters. The van der Waals surface area contributed by atoms with Gasteiger partial charge in [-0.05, 0) is 35.1 Å². The Labute approximate surface area is 153 Å². The summed E-state index contributed by atoms with van der Waals surface area (Å²) in [4.78, 5) is 0. The van der Waals surface area contributed by atoms with Gasteiger partial charge in [-0.2, -0.15) is 0 Å². The summed E-state index contributed by atoms with van der Waals surface area (Å²) in [6.07, 6.45) is 19.9. The molecule has 1 heteroatoms. The molecule has 2 rings (SSSR count). The summed E-state index contributed by atoms with van der Waals surface area (Å²) in [6.45, 7) is 15.6. The summed E-state index contributed by atoms with van der Waals surface area (Å²) in [5.41, 5.74) is 3.49. The second kappa shape index (κ2) is 8.38. The fraction of sp³-hybridized carbons (Fsp3) is 0.826. The van der Waals surface area contributed by atoms with Gasteiger partial charge >= 0.3 is 0 Å². The summed E-state index contributed by atoms with van der Waals surface area (Å²) in [5, 5.41) is 0. The Balaban J connectivity index is 2.34. The van der Waals surface area contributed by atoms with Crippen LogP contribution in [0.4, 0.5) is 0 Å². The van der Waals surface area contributed by atoms with Crippen molar-refractivity contribution in [2.75, 3.05) is 0 Å². The molecule has 2 aliphatic carbocycles. The van der Waals surface area contributed by atoms with Gasteiger partial charge in [0, 0.05) is 8.80 Å². The van der Waals surface area contributed by atoms with Gasteiger partial charge in [0.25, 0.3) is 0 Å². The molecule has 0 radical (unpaired) electrons. The molecule has 0 spiro atoms. The molecule has 0 bridgehead atoms. The molecule has 1 fully saturated rings. The molecule has 138 valence electrons. The van der Waals surface area contributed by atoms with Gasteiger partial charge < -0.3 is 0 Å². The lowest BCUT2D eigenvalue weighted by atomic mass is 9.56. The zero-order valence-electron chi connectivity index (χ0n) is 17.3. The zero-order valence-corrected chi connectivity index (χ0v) is 18.5. The predicted molar refractivity (Wildman–Crippen MR) is 112 cm³/mol. The molecule has 0 aromatic carbocycles. The number of hydrogen-bond donors (Lipinski definition) is 0. The van der Waals surface area contributed by atoms with Crippen molar-refractivity contribution in [3.8, 4) is 0 Å². The van der Waals surface area contributed by atoms with Crippen LogP contribution in [0.25, 0.3) is 0 Å². The standard InChI is InChI=1S/C23H42Si/c1-22(2)20(19-15-13-14-16-19)17-11-9-7-8-10-12-18-21(24(5)6)23(22,3)4/h13-15,20-21,24H,7-12,16-18H2,1-6H3. The molecule has 0 heterocycles. The fourth-order valence-electron chi connectivity index (χ4n) is 5.61. The van der Waals surface area contributed by atoms with Gasteiger partial charge in [-0.15, -0.1) is 0 Å². The van der Waals surface area contributed by atoms with E-state index in [1.807, 2.05) is 0 Å². The smallest absolute Gasteiger partial charge is 0.0343 e. The highest BCUT2D eigenvalue weighted by Gasteiger charge is 2.48. The lowest BCUT2D eigenvalue weighted by Gasteiger charge is -2.53. The van der Waals surface area contributed by atoms with E-state index in [2.05, 4.69) is 59.0 Å². The van der Waals surface area contributed by atoms with Crippen molar-refractivity contribution in [1.29, 1.82) is 0 Å². The van der Waals surface area contributed by atoms with E-state index in [0.29, 0.717) is 10.8 Å². The molecule has 0 nitrogen and oxygen atoms in total. The van der Waals surface area contributed by atoms with Crippen molar-refractivity contribution < 1.29 is 0 Å². The first kappa shape index (κ1) is 20.0. The van der Waals surface area contributed by atoms with Gasteiger partial charge in [-0.3, -0.25) is 0 Å². The topological polar surface area (TPSA) is 0 Å². The van der Waals surface area contributed by atoms with Crippen molar-refractivity contribution in [3.63, 3.8) is 0 Å². The quantitative estimate of drug-likeness (QED) is 0.453. The van der Waals surface area contributed by atoms with Gasteiger partial charge in [0.05, 0.1) is 0 Å². The highest BCUT2D eigenvalue weighted by molar-refractivity contribution is 6.57. The summed E-state index contributed by atoms with van der Waals surface area (Å²) < 4.78 is 0. The van der Waals surface area contributed by atoms with Crippen LogP contribution >= 0.6 is 0 Å². The molecule has 24 heavy (non-hydrogen) atoms. The Kier molecular flexibility index (Phi) is 6.99. The van der Waals surface area contributed by atoms with E-state index >= 15 is 0 Å². The monoisotopic (exact) mass is 346 g/mol. The molecular formula is C23H42Si. The Bertz CT molecular complexity index is 453. The average molecular weight is 347 g/mol. The van der Waals surface area contributed by atoms with Crippen molar-refractivity contribution >= 4 is 8.80 Å². The lowest BCUT2D eigenvalue weighted by Crippen LogP contribution is -2.45. The van der Waals surface area contributed by atoms with E-state index < -0.39 is 8.80 Å². The molecule has 0 aliphatic heterocycles. The number of allylic oxidation sites excluding steroid dienone is 4. The third-order valence-electron chi connectivity index (χ3n) is 7.77. The van der Waals surface area contributed by atoms with Crippen LogP contribution < -0.4 is 0 Å². The molecule has 0 saturated heterocycles. The molecule has 0 N–H and O–H groups in total. The summed E-state index contributed by atoms with van der Waals surface area (Å²) >= 11 is 0. The van der Waals surface area contributed by atoms with Crippen molar-refractivity contribution in [1.82, 2.24) is 0 Å². The van der Waals surface area contributed by atoms with Crippen molar-refractivity contribution in [2.45, 2.75) is 104 Å². The molecule has 0 amide bonds. The Morgan fingerprint density at radius 2 is 1.42 bits per heavy atom. The van der Waals surface area contributed by atoms with Crippen LogP contribution in [0, 0.1) is 16.7 Å². The maximum atomic E-state index is 2.62. The van der Waals surface area contributed by atoms with Gasteiger partial charge in [0.2, 0.25) is 0 Å². The molecule has 2 atom stereocenters. The SMILES string of the molecule is C[SiH](C)C1CCCCCCCCC(C2=CC=CC2)C(C)(C)C1(C)C. The summed E-state index contributed by atoms with van der Waals surface area (Å²) in [6, 6.07) is 0. The third kappa shape index (κ3) is 4.26. The van der Waals surface area contributed by atoms with Gasteiger partial charge in [-0.1, -0.05) is 110 Å². The fourth-order valence-corrected chi connectivity index (χ4v) is 8.60. The van der Waals surface area contributed by atoms with Crippen LogP contribution in [0.1, 0.15) is 85.5 Å². The van der Waals surface area contributed by atoms with Crippen molar-refractivity contribution in [2.24, 2.45) is 16.7 Å². The average Bonchev–Trinajstić information content (AvgIpc) is 3.01. The van der Waals surface area contributed by atoms with Crippen LogP contribution in [-0.4, -0.2) is 8.80 Å². The molecule has 1 saturated carbocycles. The first-order valence-corrected chi connectivity index (χ1v) is 13.6. The highest BCUT2D eigenvalue weighted by Crippen LogP contribution is 2.57. The second-order valence-corrected chi connectivity index (χ2v) is 13.2. The van der Waals surface area contributed by atoms with Gasteiger partial charge in [-0.25, -0.2) is 0 Å². The summed E-state index contributed by atoms with van der Waals surface area (Å²) in [7, 11) is -0.665. The van der Waals surface area contributed by atoms with Gasteiger partial charge in [0.1, 0.15) is 0 Å². The van der Waals surface area contributed by atoms with E-state index in [-0.39, 0.29) is 0 Å². The molecule has 2 aliphatic rings. The minimum atomic E-state index is -0.665. The predicted octanol–water partition coefficient (Wildman–Crippen LogP) is 7.53. The van der Waals surface area contributed by atoms with E-state index in [9.17, 15) is 0 Å². The second-order valence-electron chi connectivity index (χ2n) is 9.92. The van der Waals surface area contributed by atoms with Crippen LogP contribution in [0.2, 0.25) is 18.6 Å². The Morgan fingerprint density at radius 3 is 1.96 bits per heavy atom. The highest BCUT2D eigenvalue weighted by atomic mass is 28.3. The molecule has 0 aromatic rings. The minimum absolute atomic E-state index is 0.381. The molecular weight excluding hydrogens is 304 g/mol. The van der Waals surface area contributed by atoms with Crippen molar-refractivity contribution in [3.05, 3.63) is 23.8 Å². The van der Waals surface area contributed by atoms with E-state index in [0.717, 1.165) is 11.5 Å². The number of hydrogen-bond acceptors (Lipinski definition) is 0. The maximum absolute atomic E-state index is 2.62. The largest absolute Gasteiger partial charge is 0.0805 e.